The van der Waals surface area contributed by atoms with Crippen molar-refractivity contribution in [1.82, 2.24) is 20.0 Å². The number of Topliss-reactive ketones (excluding diaryl/α,β-unsaturated/α-hetero) is 1. The third kappa shape index (κ3) is 2.04. The first-order chi connectivity index (χ1) is 10.3. The lowest BCUT2D eigenvalue weighted by Crippen LogP contribution is -2.64. The second-order valence-electron chi connectivity index (χ2n) is 7.50. The number of amides is 5. The standard InChI is InChI=1S/C15H24N4O4/c1-13(2,3)9(20)8-10(21)19-12(23)18(7)15(5)14(19,4)16-11(22)17(15)6/h8H2,1-7H3,(H,16,22)/t14-,15+/m1/s1. The highest BCUT2D eigenvalue weighted by molar-refractivity contribution is 6.08. The number of likely N-dealkylation sites (N-methyl/N-ethyl adjacent to an activating group) is 2. The van der Waals surface area contributed by atoms with E-state index in [0.717, 1.165) is 4.90 Å². The Morgan fingerprint density at radius 3 is 2.09 bits per heavy atom. The predicted molar refractivity (Wildman–Crippen MR) is 82.2 cm³/mol. The summed E-state index contributed by atoms with van der Waals surface area (Å²) in [5, 5.41) is 2.70. The molecule has 5 amide bonds. The lowest BCUT2D eigenvalue weighted by atomic mass is 9.88. The van der Waals surface area contributed by atoms with Gasteiger partial charge in [0.05, 0.1) is 6.42 Å². The Balaban J connectivity index is 2.40. The zero-order chi connectivity index (χ0) is 18.0. The van der Waals surface area contributed by atoms with Crippen LogP contribution in [0.4, 0.5) is 9.59 Å². The van der Waals surface area contributed by atoms with E-state index in [1.165, 1.54) is 16.8 Å². The van der Waals surface area contributed by atoms with Crippen LogP contribution in [0, 0.1) is 5.41 Å². The van der Waals surface area contributed by atoms with Crippen LogP contribution in [0.3, 0.4) is 0 Å². The van der Waals surface area contributed by atoms with Crippen LogP contribution in [0.25, 0.3) is 0 Å². The molecule has 0 aromatic heterocycles. The van der Waals surface area contributed by atoms with Crippen LogP contribution >= 0.6 is 0 Å². The Morgan fingerprint density at radius 2 is 1.61 bits per heavy atom. The summed E-state index contributed by atoms with van der Waals surface area (Å²) in [6, 6.07) is -0.914. The molecule has 0 spiro atoms. The fourth-order valence-corrected chi connectivity index (χ4v) is 3.12. The Labute approximate surface area is 135 Å². The number of rotatable bonds is 2. The van der Waals surface area contributed by atoms with Gasteiger partial charge in [-0.2, -0.15) is 0 Å². The van der Waals surface area contributed by atoms with Crippen LogP contribution in [0.15, 0.2) is 0 Å². The number of imide groups is 1. The van der Waals surface area contributed by atoms with Crippen LogP contribution < -0.4 is 5.32 Å². The molecule has 0 aliphatic carbocycles. The van der Waals surface area contributed by atoms with Crippen LogP contribution in [0.1, 0.15) is 41.0 Å². The molecule has 2 fully saturated rings. The van der Waals surface area contributed by atoms with Gasteiger partial charge in [-0.25, -0.2) is 14.5 Å². The molecule has 23 heavy (non-hydrogen) atoms. The van der Waals surface area contributed by atoms with Crippen LogP contribution in [-0.2, 0) is 9.59 Å². The summed E-state index contributed by atoms with van der Waals surface area (Å²) in [5.74, 6) is -0.864. The summed E-state index contributed by atoms with van der Waals surface area (Å²) >= 11 is 0. The Hall–Kier alpha value is -2.12. The van der Waals surface area contributed by atoms with E-state index in [-0.39, 0.29) is 18.2 Å². The monoisotopic (exact) mass is 324 g/mol. The molecular weight excluding hydrogens is 300 g/mol. The topological polar surface area (TPSA) is 90.0 Å². The van der Waals surface area contributed by atoms with Gasteiger partial charge >= 0.3 is 12.1 Å². The Kier molecular flexibility index (Phi) is 3.51. The maximum atomic E-state index is 12.6. The normalized spacial score (nSPS) is 30.7. The molecule has 1 N–H and O–H groups in total. The van der Waals surface area contributed by atoms with Crippen molar-refractivity contribution in [3.63, 3.8) is 0 Å². The third-order valence-corrected chi connectivity index (χ3v) is 5.21. The van der Waals surface area contributed by atoms with E-state index in [0.29, 0.717) is 0 Å². The van der Waals surface area contributed by atoms with E-state index in [9.17, 15) is 19.2 Å². The molecular formula is C15H24N4O4. The largest absolute Gasteiger partial charge is 0.330 e. The van der Waals surface area contributed by atoms with E-state index in [4.69, 9.17) is 0 Å². The van der Waals surface area contributed by atoms with Crippen molar-refractivity contribution >= 4 is 23.8 Å². The van der Waals surface area contributed by atoms with Crippen molar-refractivity contribution in [2.24, 2.45) is 5.41 Å². The van der Waals surface area contributed by atoms with Gasteiger partial charge in [-0.3, -0.25) is 9.59 Å². The number of nitrogens with zero attached hydrogens (tertiary/aromatic N) is 3. The van der Waals surface area contributed by atoms with Crippen LogP contribution in [-0.4, -0.2) is 63.9 Å². The first-order valence-corrected chi connectivity index (χ1v) is 7.48. The van der Waals surface area contributed by atoms with E-state index < -0.39 is 28.7 Å². The van der Waals surface area contributed by atoms with Crippen molar-refractivity contribution in [2.45, 2.75) is 52.4 Å². The second kappa shape index (κ2) is 4.69. The summed E-state index contributed by atoms with van der Waals surface area (Å²) in [5.41, 5.74) is -2.94. The van der Waals surface area contributed by atoms with Gasteiger partial charge in [0.15, 0.2) is 11.3 Å². The van der Waals surface area contributed by atoms with Gasteiger partial charge in [-0.15, -0.1) is 0 Å². The molecule has 2 aliphatic rings. The molecule has 2 aliphatic heterocycles. The predicted octanol–water partition coefficient (Wildman–Crippen LogP) is 0.973. The zero-order valence-corrected chi connectivity index (χ0v) is 14.7. The van der Waals surface area contributed by atoms with E-state index >= 15 is 0 Å². The van der Waals surface area contributed by atoms with E-state index in [2.05, 4.69) is 5.32 Å². The highest BCUT2D eigenvalue weighted by Crippen LogP contribution is 2.44. The van der Waals surface area contributed by atoms with Gasteiger partial charge in [0.25, 0.3) is 0 Å². The number of carbonyl (C=O) groups is 4. The van der Waals surface area contributed by atoms with Crippen molar-refractivity contribution in [3.8, 4) is 0 Å². The summed E-state index contributed by atoms with van der Waals surface area (Å²) in [4.78, 5) is 53.2. The zero-order valence-electron chi connectivity index (χ0n) is 14.7. The maximum absolute atomic E-state index is 12.6. The quantitative estimate of drug-likeness (QED) is 0.767. The van der Waals surface area contributed by atoms with Crippen LogP contribution in [0.2, 0.25) is 0 Å². The Bertz CT molecular complexity index is 611. The molecule has 8 heteroatoms. The first kappa shape index (κ1) is 17.2. The Morgan fingerprint density at radius 1 is 1.09 bits per heavy atom. The highest BCUT2D eigenvalue weighted by Gasteiger charge is 2.70. The molecule has 0 aromatic rings. The molecule has 0 saturated carbocycles. The van der Waals surface area contributed by atoms with Gasteiger partial charge < -0.3 is 15.1 Å². The molecule has 0 bridgehead atoms. The summed E-state index contributed by atoms with van der Waals surface area (Å²) in [6.07, 6.45) is -0.381. The molecule has 128 valence electrons. The number of hydrogen-bond acceptors (Lipinski definition) is 4. The number of hydrogen-bond donors (Lipinski definition) is 1. The fourth-order valence-electron chi connectivity index (χ4n) is 3.12. The lowest BCUT2D eigenvalue weighted by Gasteiger charge is -2.40. The van der Waals surface area contributed by atoms with Gasteiger partial charge in [0.2, 0.25) is 5.91 Å². The molecule has 0 aromatic carbocycles. The van der Waals surface area contributed by atoms with Gasteiger partial charge in [0.1, 0.15) is 5.78 Å². The van der Waals surface area contributed by atoms with Gasteiger partial charge in [0, 0.05) is 19.5 Å². The molecule has 8 nitrogen and oxygen atoms in total. The maximum Gasteiger partial charge on any atom is 0.330 e. The number of fused-ring (bicyclic) bond motifs is 1. The molecule has 0 unspecified atom stereocenters. The van der Waals surface area contributed by atoms with Crippen LogP contribution in [0.5, 0.6) is 0 Å². The fraction of sp³-hybridized carbons (Fsp3) is 0.733. The average Bonchev–Trinajstić information content (AvgIpc) is 2.67. The lowest BCUT2D eigenvalue weighted by molar-refractivity contribution is -0.139. The highest BCUT2D eigenvalue weighted by atomic mass is 16.2. The average molecular weight is 324 g/mol. The summed E-state index contributed by atoms with van der Waals surface area (Å²) < 4.78 is 0. The van der Waals surface area contributed by atoms with Crippen molar-refractivity contribution < 1.29 is 19.2 Å². The SMILES string of the molecule is CN1C(=O)N[C@]2(C)N(C(=O)CC(=O)C(C)(C)C)C(=O)N(C)[C@]12C. The van der Waals surface area contributed by atoms with Crippen molar-refractivity contribution in [3.05, 3.63) is 0 Å². The minimum Gasteiger partial charge on any atom is -0.311 e. The number of carbonyl (C=O) groups excluding carboxylic acids is 4. The minimum absolute atomic E-state index is 0.257. The van der Waals surface area contributed by atoms with Gasteiger partial charge in [-0.1, -0.05) is 20.8 Å². The third-order valence-electron chi connectivity index (χ3n) is 5.21. The number of urea groups is 2. The number of nitrogens with one attached hydrogen (secondary N) is 1. The van der Waals surface area contributed by atoms with Crippen molar-refractivity contribution in [2.75, 3.05) is 14.1 Å². The van der Waals surface area contributed by atoms with E-state index in [1.807, 2.05) is 0 Å². The first-order valence-electron chi connectivity index (χ1n) is 7.48. The smallest absolute Gasteiger partial charge is 0.311 e. The molecule has 2 rings (SSSR count). The molecule has 2 saturated heterocycles. The molecule has 2 heterocycles. The number of ketones is 1. The van der Waals surface area contributed by atoms with Crippen molar-refractivity contribution in [1.29, 1.82) is 0 Å². The summed E-state index contributed by atoms with van der Waals surface area (Å²) in [6.45, 7) is 8.49. The second-order valence-corrected chi connectivity index (χ2v) is 7.50. The molecule has 2 atom stereocenters. The van der Waals surface area contributed by atoms with E-state index in [1.54, 1.807) is 41.7 Å². The molecule has 0 radical (unpaired) electrons. The summed E-state index contributed by atoms with van der Waals surface area (Å²) in [7, 11) is 3.11. The van der Waals surface area contributed by atoms with Gasteiger partial charge in [-0.05, 0) is 13.8 Å². The minimum atomic E-state index is -1.24.